The first-order valence-electron chi connectivity index (χ1n) is 12.6. The summed E-state index contributed by atoms with van der Waals surface area (Å²) in [7, 11) is 0. The molecule has 2 fully saturated rings. The number of carboxylic acids is 1. The molecule has 1 unspecified atom stereocenters. The van der Waals surface area contributed by atoms with Gasteiger partial charge in [0.05, 0.1) is 17.0 Å². The summed E-state index contributed by atoms with van der Waals surface area (Å²) in [6.07, 6.45) is 2.18. The van der Waals surface area contributed by atoms with Gasteiger partial charge in [-0.25, -0.2) is 0 Å². The maximum Gasteiger partial charge on any atom is 0.311 e. The Kier molecular flexibility index (Phi) is 7.16. The molecule has 0 radical (unpaired) electrons. The lowest BCUT2D eigenvalue weighted by Gasteiger charge is -2.47. The summed E-state index contributed by atoms with van der Waals surface area (Å²) in [6, 6.07) is 11.0. The molecule has 1 aromatic carbocycles. The lowest BCUT2D eigenvalue weighted by Crippen LogP contribution is -2.59. The van der Waals surface area contributed by atoms with E-state index in [1.165, 1.54) is 0 Å². The van der Waals surface area contributed by atoms with Gasteiger partial charge in [0, 0.05) is 29.7 Å². The van der Waals surface area contributed by atoms with Crippen molar-refractivity contribution >= 4 is 17.8 Å². The minimum atomic E-state index is -1.09. The number of nitrogens with zero attached hydrogens (tertiary/aromatic N) is 2. The number of hydrogen-bond donors (Lipinski definition) is 3. The van der Waals surface area contributed by atoms with Crippen molar-refractivity contribution in [2.24, 2.45) is 5.41 Å². The Morgan fingerprint density at radius 1 is 1.14 bits per heavy atom. The molecule has 1 saturated heterocycles. The van der Waals surface area contributed by atoms with Gasteiger partial charge in [-0.1, -0.05) is 0 Å². The Morgan fingerprint density at radius 2 is 1.84 bits per heavy atom. The monoisotopic (exact) mass is 506 g/mol. The molecule has 1 aromatic heterocycles. The van der Waals surface area contributed by atoms with E-state index < -0.39 is 29.4 Å². The van der Waals surface area contributed by atoms with Gasteiger partial charge in [0.1, 0.15) is 11.8 Å². The van der Waals surface area contributed by atoms with E-state index in [-0.39, 0.29) is 23.2 Å². The number of rotatable bonds is 6. The van der Waals surface area contributed by atoms with Gasteiger partial charge >= 0.3 is 5.97 Å². The molecule has 9 nitrogen and oxygen atoms in total. The van der Waals surface area contributed by atoms with Crippen molar-refractivity contribution in [1.82, 2.24) is 15.5 Å². The van der Waals surface area contributed by atoms with Crippen molar-refractivity contribution in [3.05, 3.63) is 47.7 Å². The van der Waals surface area contributed by atoms with E-state index in [9.17, 15) is 19.5 Å². The van der Waals surface area contributed by atoms with Gasteiger partial charge in [0.15, 0.2) is 5.76 Å². The minimum absolute atomic E-state index is 0.0507. The van der Waals surface area contributed by atoms with Crippen LogP contribution in [0.1, 0.15) is 69.5 Å². The molecule has 1 aliphatic carbocycles. The van der Waals surface area contributed by atoms with E-state index in [1.807, 2.05) is 0 Å². The number of carboxylic acid groups (broad SMARTS) is 1. The van der Waals surface area contributed by atoms with Crippen LogP contribution in [-0.4, -0.2) is 58.0 Å². The Bertz CT molecular complexity index is 1220. The smallest absolute Gasteiger partial charge is 0.311 e. The first-order chi connectivity index (χ1) is 17.4. The van der Waals surface area contributed by atoms with E-state index in [1.54, 1.807) is 48.2 Å². The minimum Gasteiger partial charge on any atom is -0.481 e. The molecular formula is C28H34N4O5. The van der Waals surface area contributed by atoms with E-state index in [0.29, 0.717) is 37.1 Å². The van der Waals surface area contributed by atoms with Crippen LogP contribution in [0.25, 0.3) is 11.3 Å². The Morgan fingerprint density at radius 3 is 2.46 bits per heavy atom. The van der Waals surface area contributed by atoms with E-state index in [0.717, 1.165) is 12.0 Å². The highest BCUT2D eigenvalue weighted by Crippen LogP contribution is 2.41. The number of nitriles is 1. The van der Waals surface area contributed by atoms with Gasteiger partial charge in [-0.3, -0.25) is 14.4 Å². The van der Waals surface area contributed by atoms with Crippen LogP contribution in [0, 0.1) is 16.7 Å². The second kappa shape index (κ2) is 10.0. The topological polar surface area (TPSA) is 136 Å². The predicted molar refractivity (Wildman–Crippen MR) is 137 cm³/mol. The number of benzene rings is 1. The molecule has 2 amide bonds. The molecular weight excluding hydrogens is 472 g/mol. The molecule has 3 N–H and O–H groups in total. The number of amides is 2. The summed E-state index contributed by atoms with van der Waals surface area (Å²) in [4.78, 5) is 40.2. The average molecular weight is 507 g/mol. The summed E-state index contributed by atoms with van der Waals surface area (Å²) in [6.45, 7) is 8.29. The molecule has 9 heteroatoms. The number of carbonyl (C=O) groups excluding carboxylic acids is 2. The second-order valence-corrected chi connectivity index (χ2v) is 11.3. The highest BCUT2D eigenvalue weighted by Gasteiger charge is 2.52. The third-order valence-corrected chi connectivity index (χ3v) is 7.37. The number of aliphatic carboxylic acids is 1. The number of furan rings is 1. The van der Waals surface area contributed by atoms with Crippen LogP contribution in [0.2, 0.25) is 0 Å². The molecule has 0 bridgehead atoms. The Balaban J connectivity index is 1.42. The van der Waals surface area contributed by atoms with Crippen molar-refractivity contribution in [2.75, 3.05) is 6.54 Å². The molecule has 4 atom stereocenters. The third kappa shape index (κ3) is 5.54. The highest BCUT2D eigenvalue weighted by atomic mass is 16.4. The van der Waals surface area contributed by atoms with Crippen LogP contribution in [-0.2, 0) is 9.59 Å². The molecule has 196 valence electrons. The maximum atomic E-state index is 13.3. The van der Waals surface area contributed by atoms with Crippen molar-refractivity contribution in [2.45, 2.75) is 77.0 Å². The van der Waals surface area contributed by atoms with Gasteiger partial charge in [-0.15, -0.1) is 0 Å². The van der Waals surface area contributed by atoms with Crippen LogP contribution < -0.4 is 10.6 Å². The molecule has 2 aromatic rings. The quantitative estimate of drug-likeness (QED) is 0.545. The maximum absolute atomic E-state index is 13.3. The normalized spacial score (nSPS) is 26.1. The zero-order chi connectivity index (χ0) is 27.0. The summed E-state index contributed by atoms with van der Waals surface area (Å²) < 4.78 is 5.71. The van der Waals surface area contributed by atoms with Gasteiger partial charge < -0.3 is 25.1 Å². The molecule has 1 aliphatic heterocycles. The Labute approximate surface area is 216 Å². The molecule has 2 aliphatic rings. The lowest BCUT2D eigenvalue weighted by molar-refractivity contribution is -0.158. The van der Waals surface area contributed by atoms with Gasteiger partial charge in [-0.2, -0.15) is 5.26 Å². The standard InChI is InChI=1S/C28H34N4O5/c1-27(2,3)31-19-9-12-23(28(4,15-19)26(35)36)32-14-13-20(25(32)34)30-24(33)22-11-10-21(37-22)18-7-5-17(16-29)6-8-18/h5-8,10-11,19-20,23,31H,9,12-15H2,1-4H3,(H,30,33)(H,35,36)/t19-,20?,23+,28-/m1/s1. The van der Waals surface area contributed by atoms with Gasteiger partial charge in [0.2, 0.25) is 5.91 Å². The Hall–Kier alpha value is -3.64. The van der Waals surface area contributed by atoms with E-state index >= 15 is 0 Å². The molecule has 0 spiro atoms. The van der Waals surface area contributed by atoms with Crippen LogP contribution in [0.4, 0.5) is 0 Å². The number of carbonyl (C=O) groups is 3. The van der Waals surface area contributed by atoms with Crippen molar-refractivity contribution in [3.63, 3.8) is 0 Å². The predicted octanol–water partition coefficient (Wildman–Crippen LogP) is 3.55. The van der Waals surface area contributed by atoms with Crippen LogP contribution in [0.3, 0.4) is 0 Å². The lowest BCUT2D eigenvalue weighted by atomic mass is 9.68. The molecule has 2 heterocycles. The molecule has 37 heavy (non-hydrogen) atoms. The summed E-state index contributed by atoms with van der Waals surface area (Å²) in [5, 5.41) is 25.4. The molecule has 4 rings (SSSR count). The summed E-state index contributed by atoms with van der Waals surface area (Å²) in [5.41, 5.74) is 0.0232. The number of hydrogen-bond acceptors (Lipinski definition) is 6. The zero-order valence-electron chi connectivity index (χ0n) is 21.7. The van der Waals surface area contributed by atoms with Crippen LogP contribution in [0.15, 0.2) is 40.8 Å². The van der Waals surface area contributed by atoms with E-state index in [2.05, 4.69) is 37.5 Å². The highest BCUT2D eigenvalue weighted by molar-refractivity contribution is 5.96. The van der Waals surface area contributed by atoms with Gasteiger partial charge in [0.25, 0.3) is 5.91 Å². The largest absolute Gasteiger partial charge is 0.481 e. The molecule has 1 saturated carbocycles. The van der Waals surface area contributed by atoms with Crippen molar-refractivity contribution < 1.29 is 23.9 Å². The van der Waals surface area contributed by atoms with Crippen LogP contribution >= 0.6 is 0 Å². The second-order valence-electron chi connectivity index (χ2n) is 11.3. The fraction of sp³-hybridized carbons (Fsp3) is 0.500. The fourth-order valence-electron chi connectivity index (χ4n) is 5.59. The number of nitrogens with one attached hydrogen (secondary N) is 2. The van der Waals surface area contributed by atoms with Crippen molar-refractivity contribution in [1.29, 1.82) is 5.26 Å². The first kappa shape index (κ1) is 26.4. The van der Waals surface area contributed by atoms with E-state index in [4.69, 9.17) is 9.68 Å². The third-order valence-electron chi connectivity index (χ3n) is 7.37. The first-order valence-corrected chi connectivity index (χ1v) is 12.6. The van der Waals surface area contributed by atoms with Gasteiger partial charge in [-0.05, 0) is 89.8 Å². The zero-order valence-corrected chi connectivity index (χ0v) is 21.7. The fourth-order valence-corrected chi connectivity index (χ4v) is 5.59. The summed E-state index contributed by atoms with van der Waals surface area (Å²) in [5.74, 6) is -1.11. The summed E-state index contributed by atoms with van der Waals surface area (Å²) >= 11 is 0. The number of likely N-dealkylation sites (tertiary alicyclic amines) is 1. The SMILES string of the molecule is CC(C)(C)N[C@@H]1CC[C@H](N2CCC(NC(=O)c3ccc(-c4ccc(C#N)cc4)o3)C2=O)[C@](C)(C(=O)O)C1. The average Bonchev–Trinajstić information content (AvgIpc) is 3.46. The van der Waals surface area contributed by atoms with Crippen molar-refractivity contribution in [3.8, 4) is 17.4 Å². The van der Waals surface area contributed by atoms with Crippen LogP contribution in [0.5, 0.6) is 0 Å².